The zero-order valence-electron chi connectivity index (χ0n) is 13.5. The Balaban J connectivity index is 1.45. The third kappa shape index (κ3) is 2.15. The summed E-state index contributed by atoms with van der Waals surface area (Å²) in [5.74, 6) is 0.139. The number of rotatable bonds is 3. The van der Waals surface area contributed by atoms with Crippen LogP contribution in [0.25, 0.3) is 0 Å². The van der Waals surface area contributed by atoms with Crippen LogP contribution in [0.5, 0.6) is 0 Å². The first-order valence-corrected chi connectivity index (χ1v) is 9.80. The predicted molar refractivity (Wildman–Crippen MR) is 88.6 cm³/mol. The maximum absolute atomic E-state index is 13.0. The highest BCUT2D eigenvalue weighted by Crippen LogP contribution is 2.39. The molecule has 0 saturated carbocycles. The zero-order chi connectivity index (χ0) is 17.2. The first kappa shape index (κ1) is 15.0. The molecule has 1 aromatic carbocycles. The molecule has 2 aromatic rings. The van der Waals surface area contributed by atoms with Gasteiger partial charge >= 0.3 is 0 Å². The molecule has 8 nitrogen and oxygen atoms in total. The van der Waals surface area contributed by atoms with Crippen LogP contribution in [0.4, 0.5) is 5.69 Å². The Morgan fingerprint density at radius 2 is 1.84 bits per heavy atom. The Bertz CT molecular complexity index is 964. The molecular weight excluding hydrogens is 342 g/mol. The summed E-state index contributed by atoms with van der Waals surface area (Å²) in [7, 11) is -3.52. The third-order valence-electron chi connectivity index (χ3n) is 5.31. The zero-order valence-corrected chi connectivity index (χ0v) is 14.3. The van der Waals surface area contributed by atoms with Gasteiger partial charge in [-0.05, 0) is 36.1 Å². The van der Waals surface area contributed by atoms with Crippen LogP contribution in [-0.2, 0) is 27.7 Å². The minimum atomic E-state index is -3.52. The van der Waals surface area contributed by atoms with Gasteiger partial charge in [-0.1, -0.05) is 5.21 Å². The van der Waals surface area contributed by atoms with Gasteiger partial charge < -0.3 is 4.90 Å². The molecule has 1 fully saturated rings. The van der Waals surface area contributed by atoms with E-state index in [1.54, 1.807) is 34.1 Å². The maximum atomic E-state index is 13.0. The van der Waals surface area contributed by atoms with Crippen LogP contribution in [0.3, 0.4) is 0 Å². The molecule has 0 N–H and O–H groups in total. The van der Waals surface area contributed by atoms with E-state index in [1.807, 2.05) is 0 Å². The van der Waals surface area contributed by atoms with Gasteiger partial charge in [-0.25, -0.2) is 13.1 Å². The van der Waals surface area contributed by atoms with Crippen LogP contribution in [0.15, 0.2) is 29.4 Å². The number of carbonyl (C=O) groups is 1. The smallest absolute Gasteiger partial charge is 0.243 e. The van der Waals surface area contributed by atoms with Gasteiger partial charge in [0.25, 0.3) is 0 Å². The first-order valence-electron chi connectivity index (χ1n) is 8.36. The summed E-state index contributed by atoms with van der Waals surface area (Å²) in [5, 5.41) is 7.70. The molecule has 0 bridgehead atoms. The number of benzene rings is 1. The monoisotopic (exact) mass is 359 g/mol. The molecule has 4 heterocycles. The lowest BCUT2D eigenvalue weighted by molar-refractivity contribution is -0.118. The van der Waals surface area contributed by atoms with Crippen molar-refractivity contribution in [3.05, 3.63) is 35.7 Å². The molecule has 3 aliphatic rings. The molecular formula is C16H17N5O3S. The molecule has 0 aliphatic carbocycles. The molecule has 1 aromatic heterocycles. The SMILES string of the molecule is O=C1CCc2cc(S(=O)(=O)N3CC(n4ccnn4)C3)cc3c2N1CC3. The summed E-state index contributed by atoms with van der Waals surface area (Å²) in [5.41, 5.74) is 2.89. The number of amides is 1. The molecule has 1 amide bonds. The molecule has 1 saturated heterocycles. The highest BCUT2D eigenvalue weighted by Gasteiger charge is 2.40. The van der Waals surface area contributed by atoms with E-state index in [9.17, 15) is 13.2 Å². The molecule has 9 heteroatoms. The highest BCUT2D eigenvalue weighted by molar-refractivity contribution is 7.89. The van der Waals surface area contributed by atoms with Gasteiger partial charge in [-0.15, -0.1) is 5.10 Å². The van der Waals surface area contributed by atoms with Crippen LogP contribution >= 0.6 is 0 Å². The Labute approximate surface area is 145 Å². The first-order chi connectivity index (χ1) is 12.0. The van der Waals surface area contributed by atoms with Gasteiger partial charge in [0, 0.05) is 32.3 Å². The minimum Gasteiger partial charge on any atom is -0.312 e. The van der Waals surface area contributed by atoms with Crippen molar-refractivity contribution in [2.24, 2.45) is 0 Å². The quantitative estimate of drug-likeness (QED) is 0.789. The van der Waals surface area contributed by atoms with Crippen molar-refractivity contribution in [3.8, 4) is 0 Å². The average Bonchev–Trinajstić information content (AvgIpc) is 3.19. The van der Waals surface area contributed by atoms with Crippen LogP contribution in [-0.4, -0.2) is 53.3 Å². The Kier molecular flexibility index (Phi) is 3.08. The van der Waals surface area contributed by atoms with Crippen molar-refractivity contribution in [1.29, 1.82) is 0 Å². The largest absolute Gasteiger partial charge is 0.312 e. The normalized spacial score (nSPS) is 20.6. The average molecular weight is 359 g/mol. The molecule has 0 atom stereocenters. The van der Waals surface area contributed by atoms with E-state index in [-0.39, 0.29) is 11.9 Å². The Morgan fingerprint density at radius 3 is 2.56 bits per heavy atom. The standard InChI is InChI=1S/C16H17N5O3S/c22-15-2-1-11-7-14(8-12-3-5-20(15)16(11)12)25(23,24)19-9-13(10-19)21-6-4-17-18-21/h4,6-8,13H,1-3,5,9-10H2. The second-order valence-corrected chi connectivity index (χ2v) is 8.68. The van der Waals surface area contributed by atoms with Gasteiger partial charge in [0.1, 0.15) is 0 Å². The summed E-state index contributed by atoms with van der Waals surface area (Å²) in [6, 6.07) is 3.54. The van der Waals surface area contributed by atoms with E-state index in [2.05, 4.69) is 10.3 Å². The number of sulfonamides is 1. The number of anilines is 1. The number of carbonyl (C=O) groups excluding carboxylic acids is 1. The maximum Gasteiger partial charge on any atom is 0.243 e. The van der Waals surface area contributed by atoms with Crippen LogP contribution < -0.4 is 4.90 Å². The number of hydrogen-bond donors (Lipinski definition) is 0. The topological polar surface area (TPSA) is 88.4 Å². The summed E-state index contributed by atoms with van der Waals surface area (Å²) in [6.45, 7) is 1.47. The van der Waals surface area contributed by atoms with Gasteiger partial charge in [-0.3, -0.25) is 4.79 Å². The van der Waals surface area contributed by atoms with Gasteiger partial charge in [-0.2, -0.15) is 4.31 Å². The van der Waals surface area contributed by atoms with E-state index in [4.69, 9.17) is 0 Å². The summed E-state index contributed by atoms with van der Waals surface area (Å²) in [4.78, 5) is 14.1. The van der Waals surface area contributed by atoms with E-state index >= 15 is 0 Å². The third-order valence-corrected chi connectivity index (χ3v) is 7.12. The number of hydrogen-bond acceptors (Lipinski definition) is 5. The lowest BCUT2D eigenvalue weighted by Crippen LogP contribution is -2.50. The van der Waals surface area contributed by atoms with E-state index in [0.29, 0.717) is 37.4 Å². The van der Waals surface area contributed by atoms with Crippen molar-refractivity contribution in [2.75, 3.05) is 24.5 Å². The van der Waals surface area contributed by atoms with Gasteiger partial charge in [0.15, 0.2) is 0 Å². The minimum absolute atomic E-state index is 0.0400. The van der Waals surface area contributed by atoms with Crippen molar-refractivity contribution in [2.45, 2.75) is 30.2 Å². The number of aryl methyl sites for hydroxylation is 1. The highest BCUT2D eigenvalue weighted by atomic mass is 32.2. The summed E-state index contributed by atoms with van der Waals surface area (Å²) >= 11 is 0. The molecule has 0 radical (unpaired) electrons. The van der Waals surface area contributed by atoms with Gasteiger partial charge in [0.2, 0.25) is 15.9 Å². The van der Waals surface area contributed by atoms with Gasteiger partial charge in [0.05, 0.1) is 22.8 Å². The van der Waals surface area contributed by atoms with Crippen molar-refractivity contribution in [3.63, 3.8) is 0 Å². The predicted octanol–water partition coefficient (Wildman–Crippen LogP) is 0.359. The fraction of sp³-hybridized carbons (Fsp3) is 0.438. The number of nitrogens with zero attached hydrogens (tertiary/aromatic N) is 5. The fourth-order valence-electron chi connectivity index (χ4n) is 3.92. The lowest BCUT2D eigenvalue weighted by atomic mass is 10.00. The lowest BCUT2D eigenvalue weighted by Gasteiger charge is -2.37. The van der Waals surface area contributed by atoms with Crippen molar-refractivity contribution in [1.82, 2.24) is 19.3 Å². The van der Waals surface area contributed by atoms with Crippen LogP contribution in [0.2, 0.25) is 0 Å². The molecule has 25 heavy (non-hydrogen) atoms. The van der Waals surface area contributed by atoms with E-state index in [1.165, 1.54) is 4.31 Å². The second kappa shape index (κ2) is 5.12. The Morgan fingerprint density at radius 1 is 1.08 bits per heavy atom. The van der Waals surface area contributed by atoms with E-state index < -0.39 is 10.0 Å². The Hall–Kier alpha value is -2.26. The second-order valence-electron chi connectivity index (χ2n) is 6.74. The molecule has 3 aliphatic heterocycles. The molecule has 0 spiro atoms. The van der Waals surface area contributed by atoms with Crippen LogP contribution in [0.1, 0.15) is 23.6 Å². The van der Waals surface area contributed by atoms with E-state index in [0.717, 1.165) is 23.2 Å². The van der Waals surface area contributed by atoms with Crippen molar-refractivity contribution < 1.29 is 13.2 Å². The fourth-order valence-corrected chi connectivity index (χ4v) is 5.53. The number of aromatic nitrogens is 3. The van der Waals surface area contributed by atoms with Crippen molar-refractivity contribution >= 4 is 21.6 Å². The molecule has 0 unspecified atom stereocenters. The summed E-state index contributed by atoms with van der Waals surface area (Å²) < 4.78 is 29.1. The molecule has 5 rings (SSSR count). The summed E-state index contributed by atoms with van der Waals surface area (Å²) in [6.07, 6.45) is 5.13. The van der Waals surface area contributed by atoms with Crippen LogP contribution in [0, 0.1) is 0 Å². The molecule has 130 valence electrons.